The number of thioether (sulfide) groups is 1. The summed E-state index contributed by atoms with van der Waals surface area (Å²) in [5.74, 6) is 0. The predicted octanol–water partition coefficient (Wildman–Crippen LogP) is 1.82. The Balaban J connectivity index is 3.01. The topological polar surface area (TPSA) is 53.2 Å². The van der Waals surface area contributed by atoms with Crippen molar-refractivity contribution in [3.63, 3.8) is 0 Å². The summed E-state index contributed by atoms with van der Waals surface area (Å²) < 4.78 is 0. The van der Waals surface area contributed by atoms with Crippen LogP contribution >= 0.6 is 11.8 Å². The van der Waals surface area contributed by atoms with Crippen LogP contribution in [0.25, 0.3) is 0 Å². The van der Waals surface area contributed by atoms with Crippen LogP contribution in [0.4, 0.5) is 4.79 Å². The van der Waals surface area contributed by atoms with Gasteiger partial charge in [-0.3, -0.25) is 4.79 Å². The number of nitrogens with one attached hydrogen (secondary N) is 3. The van der Waals surface area contributed by atoms with Crippen molar-refractivity contribution >= 4 is 17.0 Å². The average Bonchev–Trinajstić information content (AvgIpc) is 2.30. The zero-order valence-electron chi connectivity index (χ0n) is 11.3. The van der Waals surface area contributed by atoms with Crippen LogP contribution in [0.5, 0.6) is 0 Å². The third-order valence-electron chi connectivity index (χ3n) is 2.34. The Labute approximate surface area is 110 Å². The van der Waals surface area contributed by atoms with Gasteiger partial charge in [0.25, 0.3) is 5.24 Å². The fraction of sp³-hybridized carbons (Fsp3) is 0.917. The molecule has 0 aliphatic carbocycles. The summed E-state index contributed by atoms with van der Waals surface area (Å²) in [4.78, 5) is 10.9. The maximum Gasteiger partial charge on any atom is 0.278 e. The van der Waals surface area contributed by atoms with E-state index in [4.69, 9.17) is 0 Å². The van der Waals surface area contributed by atoms with Gasteiger partial charge in [0.05, 0.1) is 0 Å². The number of rotatable bonds is 10. The standard InChI is InChI=1S/C12H27N3OS/c1-11(2)14-10-9-13-7-5-4-6-8-15-12(16)17-3/h11,13-14H,4-10H2,1-3H3,(H,15,16). The van der Waals surface area contributed by atoms with E-state index in [1.807, 2.05) is 0 Å². The average molecular weight is 261 g/mol. The van der Waals surface area contributed by atoms with Crippen molar-refractivity contribution in [1.82, 2.24) is 16.0 Å². The van der Waals surface area contributed by atoms with Crippen LogP contribution in [0.3, 0.4) is 0 Å². The quantitative estimate of drug-likeness (QED) is 0.525. The molecule has 0 bridgehead atoms. The maximum atomic E-state index is 10.9. The maximum absolute atomic E-state index is 10.9. The molecule has 0 radical (unpaired) electrons. The molecule has 0 aliphatic heterocycles. The number of amides is 1. The van der Waals surface area contributed by atoms with Crippen LogP contribution < -0.4 is 16.0 Å². The molecule has 0 aromatic rings. The van der Waals surface area contributed by atoms with Gasteiger partial charge in [0.1, 0.15) is 0 Å². The third kappa shape index (κ3) is 13.7. The molecule has 0 aromatic heterocycles. The van der Waals surface area contributed by atoms with Gasteiger partial charge < -0.3 is 16.0 Å². The lowest BCUT2D eigenvalue weighted by molar-refractivity contribution is 0.260. The van der Waals surface area contributed by atoms with Gasteiger partial charge in [-0.2, -0.15) is 0 Å². The Morgan fingerprint density at radius 3 is 2.41 bits per heavy atom. The first-order chi connectivity index (χ1) is 8.16. The molecule has 0 aromatic carbocycles. The summed E-state index contributed by atoms with van der Waals surface area (Å²) in [6.07, 6.45) is 5.21. The molecular formula is C12H27N3OS. The zero-order valence-corrected chi connectivity index (χ0v) is 12.2. The SMILES string of the molecule is CSC(=O)NCCCCCNCCNC(C)C. The Morgan fingerprint density at radius 1 is 1.06 bits per heavy atom. The van der Waals surface area contributed by atoms with Gasteiger partial charge in [0.15, 0.2) is 0 Å². The largest absolute Gasteiger partial charge is 0.347 e. The van der Waals surface area contributed by atoms with E-state index in [0.29, 0.717) is 6.04 Å². The molecular weight excluding hydrogens is 234 g/mol. The van der Waals surface area contributed by atoms with Gasteiger partial charge in [0.2, 0.25) is 0 Å². The van der Waals surface area contributed by atoms with Gasteiger partial charge in [-0.05, 0) is 25.6 Å². The van der Waals surface area contributed by atoms with E-state index in [1.165, 1.54) is 24.6 Å². The summed E-state index contributed by atoms with van der Waals surface area (Å²) in [7, 11) is 0. The fourth-order valence-electron chi connectivity index (χ4n) is 1.39. The molecule has 102 valence electrons. The van der Waals surface area contributed by atoms with Crippen LogP contribution in [0.15, 0.2) is 0 Å². The molecule has 4 nitrogen and oxygen atoms in total. The fourth-order valence-corrected chi connectivity index (χ4v) is 1.64. The van der Waals surface area contributed by atoms with Crippen molar-refractivity contribution in [2.24, 2.45) is 0 Å². The van der Waals surface area contributed by atoms with Gasteiger partial charge >= 0.3 is 0 Å². The molecule has 0 rings (SSSR count). The van der Waals surface area contributed by atoms with E-state index in [0.717, 1.165) is 32.6 Å². The van der Waals surface area contributed by atoms with E-state index in [2.05, 4.69) is 29.8 Å². The number of hydrogen-bond acceptors (Lipinski definition) is 4. The normalized spacial score (nSPS) is 10.8. The molecule has 5 heteroatoms. The Bertz CT molecular complexity index is 189. The molecule has 0 spiro atoms. The van der Waals surface area contributed by atoms with E-state index in [-0.39, 0.29) is 5.24 Å². The van der Waals surface area contributed by atoms with Gasteiger partial charge in [-0.25, -0.2) is 0 Å². The van der Waals surface area contributed by atoms with E-state index in [1.54, 1.807) is 6.26 Å². The molecule has 0 heterocycles. The monoisotopic (exact) mass is 261 g/mol. The van der Waals surface area contributed by atoms with E-state index in [9.17, 15) is 4.79 Å². The Kier molecular flexibility index (Phi) is 12.0. The van der Waals surface area contributed by atoms with Crippen LogP contribution in [0, 0.1) is 0 Å². The molecule has 0 saturated carbocycles. The number of carbonyl (C=O) groups excluding carboxylic acids is 1. The van der Waals surface area contributed by atoms with E-state index >= 15 is 0 Å². The Hall–Kier alpha value is -0.260. The highest BCUT2D eigenvalue weighted by molar-refractivity contribution is 8.12. The zero-order chi connectivity index (χ0) is 12.9. The number of unbranched alkanes of at least 4 members (excludes halogenated alkanes) is 2. The van der Waals surface area contributed by atoms with E-state index < -0.39 is 0 Å². The van der Waals surface area contributed by atoms with Crippen LogP contribution in [0.2, 0.25) is 0 Å². The third-order valence-corrected chi connectivity index (χ3v) is 2.85. The summed E-state index contributed by atoms with van der Waals surface area (Å²) >= 11 is 1.24. The molecule has 17 heavy (non-hydrogen) atoms. The van der Waals surface area contributed by atoms with Crippen molar-refractivity contribution in [2.45, 2.75) is 39.2 Å². The van der Waals surface area contributed by atoms with Crippen molar-refractivity contribution in [3.05, 3.63) is 0 Å². The lowest BCUT2D eigenvalue weighted by Gasteiger charge is -2.08. The minimum absolute atomic E-state index is 0.0721. The molecule has 3 N–H and O–H groups in total. The van der Waals surface area contributed by atoms with Crippen LogP contribution in [-0.4, -0.2) is 43.7 Å². The van der Waals surface area contributed by atoms with Gasteiger partial charge in [0, 0.05) is 25.7 Å². The summed E-state index contributed by atoms with van der Waals surface area (Å²) in [5, 5.41) is 9.68. The molecule has 0 atom stereocenters. The summed E-state index contributed by atoms with van der Waals surface area (Å²) in [5.41, 5.74) is 0. The highest BCUT2D eigenvalue weighted by atomic mass is 32.2. The van der Waals surface area contributed by atoms with Crippen molar-refractivity contribution < 1.29 is 4.79 Å². The first-order valence-corrected chi connectivity index (χ1v) is 7.65. The van der Waals surface area contributed by atoms with Crippen LogP contribution in [0.1, 0.15) is 33.1 Å². The first kappa shape index (κ1) is 16.7. The highest BCUT2D eigenvalue weighted by Gasteiger charge is 1.96. The smallest absolute Gasteiger partial charge is 0.278 e. The molecule has 1 amide bonds. The molecule has 0 aliphatic rings. The molecule has 0 unspecified atom stereocenters. The highest BCUT2D eigenvalue weighted by Crippen LogP contribution is 1.95. The minimum Gasteiger partial charge on any atom is -0.347 e. The molecule has 0 saturated heterocycles. The molecule has 0 fully saturated rings. The lowest BCUT2D eigenvalue weighted by atomic mass is 10.2. The summed E-state index contributed by atoms with van der Waals surface area (Å²) in [6.45, 7) is 8.24. The number of hydrogen-bond donors (Lipinski definition) is 3. The van der Waals surface area contributed by atoms with Crippen molar-refractivity contribution in [1.29, 1.82) is 0 Å². The van der Waals surface area contributed by atoms with Crippen molar-refractivity contribution in [3.8, 4) is 0 Å². The summed E-state index contributed by atoms with van der Waals surface area (Å²) in [6, 6.07) is 0.567. The lowest BCUT2D eigenvalue weighted by Crippen LogP contribution is -2.32. The van der Waals surface area contributed by atoms with Crippen LogP contribution in [-0.2, 0) is 0 Å². The second-order valence-corrected chi connectivity index (χ2v) is 5.12. The van der Waals surface area contributed by atoms with Gasteiger partial charge in [-0.15, -0.1) is 0 Å². The van der Waals surface area contributed by atoms with Gasteiger partial charge in [-0.1, -0.05) is 32.0 Å². The first-order valence-electron chi connectivity index (χ1n) is 6.42. The number of carbonyl (C=O) groups is 1. The second kappa shape index (κ2) is 12.2. The van der Waals surface area contributed by atoms with Crippen molar-refractivity contribution in [2.75, 3.05) is 32.4 Å². The minimum atomic E-state index is 0.0721. The second-order valence-electron chi connectivity index (χ2n) is 4.34. The predicted molar refractivity (Wildman–Crippen MR) is 76.8 cm³/mol. The Morgan fingerprint density at radius 2 is 1.76 bits per heavy atom.